The number of aliphatic hydroxyl groups is 9. The highest BCUT2D eigenvalue weighted by atomic mass is 31.2. The lowest BCUT2D eigenvalue weighted by molar-refractivity contribution is -0.360. The van der Waals surface area contributed by atoms with Gasteiger partial charge in [0.25, 0.3) is 0 Å². The van der Waals surface area contributed by atoms with E-state index >= 15 is 0 Å². The van der Waals surface area contributed by atoms with E-state index in [9.17, 15) is 74.6 Å². The highest BCUT2D eigenvalue weighted by molar-refractivity contribution is 7.47. The number of hydrogen-bond donors (Lipinski definition) is 10. The van der Waals surface area contributed by atoms with Crippen LogP contribution in [0.5, 0.6) is 0 Å². The Morgan fingerprint density at radius 3 is 1.06 bits per heavy atom. The van der Waals surface area contributed by atoms with E-state index in [1.165, 1.54) is 161 Å². The van der Waals surface area contributed by atoms with Crippen LogP contribution in [0.1, 0.15) is 374 Å². The lowest BCUT2D eigenvalue weighted by atomic mass is 9.84. The molecule has 0 amide bonds. The van der Waals surface area contributed by atoms with Crippen molar-refractivity contribution in [1.82, 2.24) is 0 Å². The zero-order valence-electron chi connectivity index (χ0n) is 70.2. The van der Waals surface area contributed by atoms with Gasteiger partial charge < -0.3 is 88.7 Å². The molecular weight excluding hydrogens is 1480 g/mol. The van der Waals surface area contributed by atoms with Crippen LogP contribution in [0.2, 0.25) is 0 Å². The number of phosphoric acid groups is 1. The number of ether oxygens (including phenoxy) is 8. The summed E-state index contributed by atoms with van der Waals surface area (Å²) in [6.45, 7) is 5.53. The summed E-state index contributed by atoms with van der Waals surface area (Å²) in [5.41, 5.74) is 0. The molecule has 0 aromatic rings. The summed E-state index contributed by atoms with van der Waals surface area (Å²) in [5, 5.41) is 102. The van der Waals surface area contributed by atoms with Crippen LogP contribution < -0.4 is 0 Å². The second kappa shape index (κ2) is 66.7. The molecular formula is C87H159O25P. The van der Waals surface area contributed by atoms with Gasteiger partial charge in [-0.25, -0.2) is 4.57 Å². The smallest absolute Gasteiger partial charge is 0.463 e. The number of esters is 4. The molecule has 1 aliphatic carbocycles. The predicted octanol–water partition coefficient (Wildman–Crippen LogP) is 15.8. The van der Waals surface area contributed by atoms with E-state index in [0.29, 0.717) is 38.5 Å². The van der Waals surface area contributed by atoms with Gasteiger partial charge in [0, 0.05) is 25.7 Å². The molecule has 0 bridgehead atoms. The Morgan fingerprint density at radius 2 is 0.664 bits per heavy atom. The summed E-state index contributed by atoms with van der Waals surface area (Å²) < 4.78 is 73.2. The topological polar surface area (TPSA) is 380 Å². The predicted molar refractivity (Wildman–Crippen MR) is 435 cm³/mol. The molecule has 10 N–H and O–H groups in total. The first-order valence-electron chi connectivity index (χ1n) is 45.1. The molecule has 1 saturated carbocycles. The van der Waals surface area contributed by atoms with Crippen molar-refractivity contribution in [2.75, 3.05) is 26.4 Å². The van der Waals surface area contributed by atoms with Crippen LogP contribution in [-0.4, -0.2) is 205 Å². The van der Waals surface area contributed by atoms with Crippen molar-refractivity contribution in [3.05, 3.63) is 24.3 Å². The molecule has 113 heavy (non-hydrogen) atoms. The third-order valence-corrected chi connectivity index (χ3v) is 22.9. The van der Waals surface area contributed by atoms with E-state index in [1.54, 1.807) is 0 Å². The minimum atomic E-state index is -5.81. The summed E-state index contributed by atoms with van der Waals surface area (Å²) in [4.78, 5) is 66.2. The van der Waals surface area contributed by atoms with Crippen molar-refractivity contribution in [2.45, 2.75) is 479 Å². The number of phosphoric ester groups is 1. The van der Waals surface area contributed by atoms with Crippen LogP contribution in [0.25, 0.3) is 0 Å². The molecule has 3 rings (SSSR count). The highest BCUT2D eigenvalue weighted by Crippen LogP contribution is 2.49. The number of hydrogen-bond acceptors (Lipinski definition) is 24. The Hall–Kier alpha value is -3.05. The summed E-state index contributed by atoms with van der Waals surface area (Å²) in [6.07, 6.45) is 24.9. The number of allylic oxidation sites excluding steroid dienone is 4. The molecule has 0 radical (unpaired) electrons. The number of aliphatic hydroxyl groups excluding tert-OH is 9. The second-order valence-corrected chi connectivity index (χ2v) is 33.5. The van der Waals surface area contributed by atoms with E-state index in [1.807, 2.05) is 0 Å². The second-order valence-electron chi connectivity index (χ2n) is 32.1. The average Bonchev–Trinajstić information content (AvgIpc) is 0.754. The van der Waals surface area contributed by atoms with Gasteiger partial charge in [-0.3, -0.25) is 28.2 Å². The molecule has 3 aliphatic rings. The van der Waals surface area contributed by atoms with Crippen LogP contribution >= 0.6 is 7.82 Å². The van der Waals surface area contributed by atoms with Crippen molar-refractivity contribution < 1.29 is 122 Å². The van der Waals surface area contributed by atoms with E-state index < -0.39 is 162 Å². The first-order valence-corrected chi connectivity index (χ1v) is 46.6. The van der Waals surface area contributed by atoms with E-state index in [4.69, 9.17) is 46.9 Å². The van der Waals surface area contributed by atoms with Gasteiger partial charge in [-0.05, 0) is 77.0 Å². The van der Waals surface area contributed by atoms with Crippen molar-refractivity contribution in [3.8, 4) is 0 Å². The third-order valence-electron chi connectivity index (χ3n) is 21.9. The van der Waals surface area contributed by atoms with Gasteiger partial charge in [-0.15, -0.1) is 0 Å². The lowest BCUT2D eigenvalue weighted by Crippen LogP contribution is -2.70. The van der Waals surface area contributed by atoms with E-state index in [2.05, 4.69) is 52.0 Å². The zero-order valence-corrected chi connectivity index (χ0v) is 71.1. The SMILES string of the molecule is CCCCCCCC/C=C\CCCCCC(=O)OCC(COP(=O)(O)OC1C(OC2OC(CO)C(O)C(O)C2O)C(O)C(O)C(OC(=O)CCCCCCCCCCCCCCCCC)C1OC1OC(COC(=O)CCCCCCCCCCCCCCC)C(O)C(O)C1O)OC(=O)CCCCC/C=C\CCCCCCCC. The summed E-state index contributed by atoms with van der Waals surface area (Å²) in [5.74, 6) is -3.00. The average molecular weight is 1640 g/mol. The molecule has 2 heterocycles. The van der Waals surface area contributed by atoms with Gasteiger partial charge in [0.15, 0.2) is 24.8 Å². The summed E-state index contributed by atoms with van der Waals surface area (Å²) >= 11 is 0. The number of rotatable bonds is 72. The fraction of sp³-hybridized carbons (Fsp3) is 0.908. The Labute approximate surface area is 679 Å². The van der Waals surface area contributed by atoms with Crippen molar-refractivity contribution in [2.24, 2.45) is 0 Å². The van der Waals surface area contributed by atoms with Crippen LogP contribution in [0.15, 0.2) is 24.3 Å². The van der Waals surface area contributed by atoms with Gasteiger partial charge in [0.05, 0.1) is 13.2 Å². The normalized spacial score (nSPS) is 25.6. The van der Waals surface area contributed by atoms with Gasteiger partial charge in [-0.1, -0.05) is 296 Å². The van der Waals surface area contributed by atoms with Crippen LogP contribution in [-0.2, 0) is 70.7 Å². The van der Waals surface area contributed by atoms with Gasteiger partial charge in [0.1, 0.15) is 92.6 Å². The standard InChI is InChI=1S/C87H159O25P/c1-5-9-13-17-21-25-29-33-34-38-42-46-50-54-58-62-73(92)109-82-78(97)79(98)83(110-86-80(99)76(95)74(93)68(63-88)107-86)85(84(82)111-87-81(100)77(96)75(94)69(108-87)66-104-71(90)60-56-52-48-44-40-36-31-27-23-19-15-11-7-3)112-113(101,102)105-65-67(106-72(91)61-57-53-49-45-41-37-32-28-24-20-16-12-8-4)64-103-70(89)59-55-51-47-43-39-35-30-26-22-18-14-10-6-2/h35,37,39,41,67-69,74-88,93-100H,5-34,36,38,40,42-66H2,1-4H3,(H,101,102)/b39-35-,41-37-. The van der Waals surface area contributed by atoms with Gasteiger partial charge >= 0.3 is 31.7 Å². The Morgan fingerprint density at radius 1 is 0.345 bits per heavy atom. The third kappa shape index (κ3) is 47.5. The monoisotopic (exact) mass is 1640 g/mol. The summed E-state index contributed by atoms with van der Waals surface area (Å²) in [7, 11) is -5.81. The Bertz CT molecular complexity index is 2460. The molecule has 18 unspecified atom stereocenters. The molecule has 2 saturated heterocycles. The number of unbranched alkanes of at least 4 members (excludes halogenated alkanes) is 44. The number of carbonyl (C=O) groups excluding carboxylic acids is 4. The van der Waals surface area contributed by atoms with Crippen LogP contribution in [0.4, 0.5) is 0 Å². The van der Waals surface area contributed by atoms with Gasteiger partial charge in [-0.2, -0.15) is 0 Å². The fourth-order valence-corrected chi connectivity index (χ4v) is 15.7. The van der Waals surface area contributed by atoms with Crippen molar-refractivity contribution in [1.29, 1.82) is 0 Å². The maximum atomic E-state index is 14.9. The molecule has 18 atom stereocenters. The Balaban J connectivity index is 1.94. The van der Waals surface area contributed by atoms with Crippen molar-refractivity contribution >= 4 is 31.7 Å². The minimum absolute atomic E-state index is 0.0110. The number of carbonyl (C=O) groups is 4. The van der Waals surface area contributed by atoms with Crippen LogP contribution in [0.3, 0.4) is 0 Å². The van der Waals surface area contributed by atoms with E-state index in [0.717, 1.165) is 122 Å². The maximum Gasteiger partial charge on any atom is 0.472 e. The fourth-order valence-electron chi connectivity index (χ4n) is 14.7. The molecule has 2 aliphatic heterocycles. The largest absolute Gasteiger partial charge is 0.472 e. The lowest BCUT2D eigenvalue weighted by Gasteiger charge is -2.50. The zero-order chi connectivity index (χ0) is 82.5. The highest BCUT2D eigenvalue weighted by Gasteiger charge is 2.60. The molecule has 0 aromatic carbocycles. The first kappa shape index (κ1) is 104. The van der Waals surface area contributed by atoms with Crippen molar-refractivity contribution in [3.63, 3.8) is 0 Å². The van der Waals surface area contributed by atoms with E-state index in [-0.39, 0.29) is 25.7 Å². The molecule has 3 fully saturated rings. The Kier molecular flexibility index (Phi) is 61.5. The molecule has 25 nitrogen and oxygen atoms in total. The first-order chi connectivity index (χ1) is 54.7. The summed E-state index contributed by atoms with van der Waals surface area (Å²) in [6, 6.07) is 0. The van der Waals surface area contributed by atoms with Gasteiger partial charge in [0.2, 0.25) is 0 Å². The van der Waals surface area contributed by atoms with Crippen LogP contribution in [0, 0.1) is 0 Å². The molecule has 0 aromatic heterocycles. The molecule has 0 spiro atoms. The minimum Gasteiger partial charge on any atom is -0.463 e. The quantitative estimate of drug-likeness (QED) is 0.00889. The maximum absolute atomic E-state index is 14.9. The molecule has 662 valence electrons. The molecule has 26 heteroatoms.